The predicted molar refractivity (Wildman–Crippen MR) is 98.0 cm³/mol. The number of Topliss-reactive ketones (excluding diaryl/α,β-unsaturated/α-hetero) is 1. The van der Waals surface area contributed by atoms with Gasteiger partial charge in [0.1, 0.15) is 17.6 Å². The Balaban J connectivity index is 1.95. The Labute approximate surface area is 151 Å². The van der Waals surface area contributed by atoms with E-state index in [1.807, 2.05) is 0 Å². The Bertz CT molecular complexity index is 774. The smallest absolute Gasteiger partial charge is 0.319 e. The highest BCUT2D eigenvalue weighted by atomic mass is 16.5. The molecule has 0 saturated heterocycles. The van der Waals surface area contributed by atoms with E-state index in [0.29, 0.717) is 28.3 Å². The minimum atomic E-state index is -0.967. The Hall–Kier alpha value is -3.06. The lowest BCUT2D eigenvalue weighted by Gasteiger charge is -2.17. The van der Waals surface area contributed by atoms with Crippen LogP contribution in [-0.2, 0) is 0 Å². The van der Waals surface area contributed by atoms with Gasteiger partial charge in [-0.1, -0.05) is 0 Å². The average Bonchev–Trinajstić information content (AvgIpc) is 2.65. The van der Waals surface area contributed by atoms with E-state index in [2.05, 4.69) is 10.6 Å². The molecule has 0 aromatic heterocycles. The fourth-order valence-corrected chi connectivity index (χ4v) is 2.36. The molecule has 2 rings (SSSR count). The number of aliphatic hydroxyl groups is 1. The molecule has 0 spiro atoms. The molecule has 2 amide bonds. The molecule has 3 N–H and O–H groups in total. The molecule has 2 aromatic carbocycles. The van der Waals surface area contributed by atoms with Gasteiger partial charge in [-0.15, -0.1) is 0 Å². The van der Waals surface area contributed by atoms with Crippen molar-refractivity contribution in [3.8, 4) is 11.5 Å². The summed E-state index contributed by atoms with van der Waals surface area (Å²) in [5.41, 5.74) is 1.62. The van der Waals surface area contributed by atoms with Gasteiger partial charge in [0.2, 0.25) is 0 Å². The number of carbonyl (C=O) groups excluding carboxylic acids is 2. The molecule has 0 aliphatic rings. The van der Waals surface area contributed by atoms with Crippen molar-refractivity contribution in [1.29, 1.82) is 0 Å². The quantitative estimate of drug-likeness (QED) is 0.661. The van der Waals surface area contributed by atoms with Crippen LogP contribution in [0.5, 0.6) is 11.5 Å². The number of amides is 2. The van der Waals surface area contributed by atoms with E-state index < -0.39 is 12.1 Å². The Morgan fingerprint density at radius 2 is 1.77 bits per heavy atom. The molecule has 0 bridgehead atoms. The van der Waals surface area contributed by atoms with E-state index in [1.54, 1.807) is 42.5 Å². The number of aliphatic hydroxyl groups excluding tert-OH is 1. The molecular formula is C19H22N2O5. The highest BCUT2D eigenvalue weighted by Crippen LogP contribution is 2.29. The fourth-order valence-electron chi connectivity index (χ4n) is 2.36. The van der Waals surface area contributed by atoms with Crippen molar-refractivity contribution in [2.45, 2.75) is 13.0 Å². The average molecular weight is 358 g/mol. The van der Waals surface area contributed by atoms with E-state index in [4.69, 9.17) is 9.47 Å². The second-order valence-corrected chi connectivity index (χ2v) is 5.59. The first-order chi connectivity index (χ1) is 12.4. The number of ether oxygens (including phenoxy) is 2. The second kappa shape index (κ2) is 8.87. The SMILES string of the molecule is COc1ccc(OC)c([C@@H](O)CNC(=O)Nc2ccc(C(C)=O)cc2)c1. The largest absolute Gasteiger partial charge is 0.497 e. The Morgan fingerprint density at radius 3 is 2.35 bits per heavy atom. The van der Waals surface area contributed by atoms with Crippen molar-refractivity contribution in [2.24, 2.45) is 0 Å². The lowest BCUT2D eigenvalue weighted by Crippen LogP contribution is -2.32. The maximum Gasteiger partial charge on any atom is 0.319 e. The van der Waals surface area contributed by atoms with Gasteiger partial charge < -0.3 is 25.2 Å². The summed E-state index contributed by atoms with van der Waals surface area (Å²) in [6.45, 7) is 1.46. The summed E-state index contributed by atoms with van der Waals surface area (Å²) in [7, 11) is 3.03. The lowest BCUT2D eigenvalue weighted by atomic mass is 10.1. The van der Waals surface area contributed by atoms with Crippen LogP contribution >= 0.6 is 0 Å². The molecule has 0 aliphatic heterocycles. The predicted octanol–water partition coefficient (Wildman–Crippen LogP) is 2.76. The van der Waals surface area contributed by atoms with Crippen LogP contribution in [0.15, 0.2) is 42.5 Å². The number of methoxy groups -OCH3 is 2. The van der Waals surface area contributed by atoms with Crippen molar-refractivity contribution < 1.29 is 24.2 Å². The van der Waals surface area contributed by atoms with Crippen molar-refractivity contribution >= 4 is 17.5 Å². The zero-order valence-electron chi connectivity index (χ0n) is 14.9. The summed E-state index contributed by atoms with van der Waals surface area (Å²) in [6.07, 6.45) is -0.967. The number of urea groups is 1. The first kappa shape index (κ1) is 19.3. The number of nitrogens with one attached hydrogen (secondary N) is 2. The number of benzene rings is 2. The number of carbonyl (C=O) groups is 2. The van der Waals surface area contributed by atoms with Crippen LogP contribution in [0.4, 0.5) is 10.5 Å². The molecule has 0 unspecified atom stereocenters. The third-order valence-electron chi connectivity index (χ3n) is 3.80. The topological polar surface area (TPSA) is 96.9 Å². The molecule has 7 heteroatoms. The van der Waals surface area contributed by atoms with Gasteiger partial charge in [-0.05, 0) is 49.4 Å². The Morgan fingerprint density at radius 1 is 1.08 bits per heavy atom. The second-order valence-electron chi connectivity index (χ2n) is 5.59. The molecule has 0 aliphatic carbocycles. The van der Waals surface area contributed by atoms with Crippen LogP contribution in [0.2, 0.25) is 0 Å². The molecule has 138 valence electrons. The Kier molecular flexibility index (Phi) is 6.57. The third-order valence-corrected chi connectivity index (χ3v) is 3.80. The molecule has 26 heavy (non-hydrogen) atoms. The summed E-state index contributed by atoms with van der Waals surface area (Å²) in [5, 5.41) is 15.6. The fraction of sp³-hybridized carbons (Fsp3) is 0.263. The van der Waals surface area contributed by atoms with Gasteiger partial charge in [-0.2, -0.15) is 0 Å². The van der Waals surface area contributed by atoms with Crippen LogP contribution < -0.4 is 20.1 Å². The number of anilines is 1. The molecule has 0 fully saturated rings. The summed E-state index contributed by atoms with van der Waals surface area (Å²) in [5.74, 6) is 1.03. The normalized spacial score (nSPS) is 11.4. The minimum absolute atomic E-state index is 0.0130. The summed E-state index contributed by atoms with van der Waals surface area (Å²) < 4.78 is 10.4. The van der Waals surface area contributed by atoms with Gasteiger partial charge in [-0.25, -0.2) is 4.79 Å². The summed E-state index contributed by atoms with van der Waals surface area (Å²) in [4.78, 5) is 23.2. The standard InChI is InChI=1S/C19H22N2O5/c1-12(22)13-4-6-14(7-5-13)21-19(24)20-11-17(23)16-10-15(25-2)8-9-18(16)26-3/h4-10,17,23H,11H2,1-3H3,(H2,20,21,24)/t17-/m0/s1. The van der Waals surface area contributed by atoms with Crippen molar-refractivity contribution in [1.82, 2.24) is 5.32 Å². The van der Waals surface area contributed by atoms with Crippen LogP contribution in [0.3, 0.4) is 0 Å². The van der Waals surface area contributed by atoms with E-state index in [-0.39, 0.29) is 12.3 Å². The zero-order chi connectivity index (χ0) is 19.1. The van der Waals surface area contributed by atoms with E-state index in [1.165, 1.54) is 21.1 Å². The van der Waals surface area contributed by atoms with Crippen molar-refractivity contribution in [2.75, 3.05) is 26.1 Å². The number of hydrogen-bond acceptors (Lipinski definition) is 5. The highest BCUT2D eigenvalue weighted by molar-refractivity contribution is 5.95. The van der Waals surface area contributed by atoms with E-state index in [0.717, 1.165) is 0 Å². The van der Waals surface area contributed by atoms with Crippen LogP contribution in [0.25, 0.3) is 0 Å². The van der Waals surface area contributed by atoms with Crippen LogP contribution in [0, 0.1) is 0 Å². The van der Waals surface area contributed by atoms with Crippen LogP contribution in [0.1, 0.15) is 28.9 Å². The molecule has 7 nitrogen and oxygen atoms in total. The van der Waals surface area contributed by atoms with Crippen molar-refractivity contribution in [3.05, 3.63) is 53.6 Å². The van der Waals surface area contributed by atoms with Gasteiger partial charge in [0.15, 0.2) is 5.78 Å². The number of rotatable bonds is 7. The summed E-state index contributed by atoms with van der Waals surface area (Å²) >= 11 is 0. The van der Waals surface area contributed by atoms with Crippen LogP contribution in [-0.4, -0.2) is 37.7 Å². The van der Waals surface area contributed by atoms with E-state index >= 15 is 0 Å². The third kappa shape index (κ3) is 4.97. The highest BCUT2D eigenvalue weighted by Gasteiger charge is 2.15. The number of ketones is 1. The first-order valence-corrected chi connectivity index (χ1v) is 8.00. The molecule has 2 aromatic rings. The molecular weight excluding hydrogens is 336 g/mol. The minimum Gasteiger partial charge on any atom is -0.497 e. The molecule has 0 radical (unpaired) electrons. The number of hydrogen-bond donors (Lipinski definition) is 3. The molecule has 0 heterocycles. The maximum atomic E-state index is 12.0. The van der Waals surface area contributed by atoms with Crippen molar-refractivity contribution in [3.63, 3.8) is 0 Å². The van der Waals surface area contributed by atoms with Gasteiger partial charge in [0, 0.05) is 23.4 Å². The van der Waals surface area contributed by atoms with Gasteiger partial charge >= 0.3 is 6.03 Å². The monoisotopic (exact) mass is 358 g/mol. The van der Waals surface area contributed by atoms with E-state index in [9.17, 15) is 14.7 Å². The molecule has 1 atom stereocenters. The van der Waals surface area contributed by atoms with Gasteiger partial charge in [0.05, 0.1) is 14.2 Å². The molecule has 0 saturated carbocycles. The summed E-state index contributed by atoms with van der Waals surface area (Å²) in [6, 6.07) is 11.1. The zero-order valence-corrected chi connectivity index (χ0v) is 14.9. The first-order valence-electron chi connectivity index (χ1n) is 8.00. The van der Waals surface area contributed by atoms with Gasteiger partial charge in [0.25, 0.3) is 0 Å². The lowest BCUT2D eigenvalue weighted by molar-refractivity contribution is 0.101. The maximum absolute atomic E-state index is 12.0. The van der Waals surface area contributed by atoms with Gasteiger partial charge in [-0.3, -0.25) is 4.79 Å².